The minimum atomic E-state index is -0.00760. The molecule has 0 radical (unpaired) electrons. The lowest BCUT2D eigenvalue weighted by Gasteiger charge is -2.15. The molecule has 2 aromatic carbocycles. The summed E-state index contributed by atoms with van der Waals surface area (Å²) >= 11 is 3.50. The molecule has 0 saturated heterocycles. The predicted molar refractivity (Wildman–Crippen MR) is 80.8 cm³/mol. The fourth-order valence-corrected chi connectivity index (χ4v) is 2.61. The van der Waals surface area contributed by atoms with Gasteiger partial charge in [0.15, 0.2) is 0 Å². The molecule has 0 fully saturated rings. The molecule has 0 bridgehead atoms. The molecule has 1 N–H and O–H groups in total. The Morgan fingerprint density at radius 3 is 2.42 bits per heavy atom. The third-order valence-corrected chi connectivity index (χ3v) is 3.68. The molecule has 3 heteroatoms. The molecule has 1 amide bonds. The summed E-state index contributed by atoms with van der Waals surface area (Å²) in [6, 6.07) is 17.7. The van der Waals surface area contributed by atoms with E-state index in [0.29, 0.717) is 6.42 Å². The Balaban J connectivity index is 1.98. The molecular weight excluding hydrogens is 302 g/mol. The van der Waals surface area contributed by atoms with E-state index in [-0.39, 0.29) is 11.9 Å². The van der Waals surface area contributed by atoms with Crippen LogP contribution in [0.25, 0.3) is 0 Å². The first-order valence-corrected chi connectivity index (χ1v) is 7.04. The molecule has 19 heavy (non-hydrogen) atoms. The highest BCUT2D eigenvalue weighted by atomic mass is 79.9. The minimum Gasteiger partial charge on any atom is -0.349 e. The van der Waals surface area contributed by atoms with Gasteiger partial charge in [-0.1, -0.05) is 64.5 Å². The molecule has 2 rings (SSSR count). The molecule has 0 aliphatic rings. The van der Waals surface area contributed by atoms with Crippen molar-refractivity contribution in [3.05, 3.63) is 70.2 Å². The number of amides is 1. The lowest BCUT2D eigenvalue weighted by molar-refractivity contribution is -0.121. The summed E-state index contributed by atoms with van der Waals surface area (Å²) in [6.07, 6.45) is 0.412. The molecule has 0 aliphatic carbocycles. The van der Waals surface area contributed by atoms with E-state index < -0.39 is 0 Å². The fraction of sp³-hybridized carbons (Fsp3) is 0.188. The highest BCUT2D eigenvalue weighted by Gasteiger charge is 2.12. The van der Waals surface area contributed by atoms with E-state index in [1.54, 1.807) is 0 Å². The van der Waals surface area contributed by atoms with Gasteiger partial charge in [-0.25, -0.2) is 0 Å². The maximum atomic E-state index is 12.0. The number of hydrogen-bond donors (Lipinski definition) is 1. The molecule has 98 valence electrons. The number of halogens is 1. The van der Waals surface area contributed by atoms with Crippen molar-refractivity contribution in [3.8, 4) is 0 Å². The number of carbonyl (C=O) groups excluding carboxylic acids is 1. The summed E-state index contributed by atoms with van der Waals surface area (Å²) in [7, 11) is 0. The first-order valence-electron chi connectivity index (χ1n) is 6.24. The second-order valence-corrected chi connectivity index (χ2v) is 5.33. The van der Waals surface area contributed by atoms with E-state index in [1.807, 2.05) is 61.5 Å². The second kappa shape index (κ2) is 6.53. The molecule has 0 aromatic heterocycles. The van der Waals surface area contributed by atoms with Crippen LogP contribution in [0.2, 0.25) is 0 Å². The quantitative estimate of drug-likeness (QED) is 0.911. The maximum Gasteiger partial charge on any atom is 0.224 e. The van der Waals surface area contributed by atoms with Crippen LogP contribution in [0, 0.1) is 0 Å². The zero-order valence-electron chi connectivity index (χ0n) is 10.8. The Kier molecular flexibility index (Phi) is 4.74. The van der Waals surface area contributed by atoms with Crippen molar-refractivity contribution in [2.45, 2.75) is 19.4 Å². The Bertz CT molecular complexity index is 554. The van der Waals surface area contributed by atoms with Crippen LogP contribution < -0.4 is 5.32 Å². The van der Waals surface area contributed by atoms with Gasteiger partial charge in [0, 0.05) is 4.47 Å². The van der Waals surface area contributed by atoms with Crippen molar-refractivity contribution in [2.75, 3.05) is 0 Å². The predicted octanol–water partition coefficient (Wildman–Crippen LogP) is 3.87. The van der Waals surface area contributed by atoms with Gasteiger partial charge in [-0.05, 0) is 24.1 Å². The molecule has 0 saturated carbocycles. The van der Waals surface area contributed by atoms with Gasteiger partial charge >= 0.3 is 0 Å². The van der Waals surface area contributed by atoms with Crippen LogP contribution in [-0.2, 0) is 11.2 Å². The first kappa shape index (κ1) is 13.8. The van der Waals surface area contributed by atoms with Gasteiger partial charge in [0.2, 0.25) is 5.91 Å². The second-order valence-electron chi connectivity index (χ2n) is 4.47. The summed E-state index contributed by atoms with van der Waals surface area (Å²) in [5.74, 6) is 0.0365. The van der Waals surface area contributed by atoms with Gasteiger partial charge < -0.3 is 5.32 Å². The summed E-state index contributed by atoms with van der Waals surface area (Å²) in [6.45, 7) is 1.99. The molecule has 0 spiro atoms. The molecule has 1 atom stereocenters. The van der Waals surface area contributed by atoms with E-state index >= 15 is 0 Å². The minimum absolute atomic E-state index is 0.00760. The van der Waals surface area contributed by atoms with Gasteiger partial charge in [-0.3, -0.25) is 4.79 Å². The average molecular weight is 318 g/mol. The maximum absolute atomic E-state index is 12.0. The Morgan fingerprint density at radius 1 is 1.11 bits per heavy atom. The van der Waals surface area contributed by atoms with Gasteiger partial charge in [-0.2, -0.15) is 0 Å². The van der Waals surface area contributed by atoms with Gasteiger partial charge in [0.1, 0.15) is 0 Å². The van der Waals surface area contributed by atoms with E-state index in [0.717, 1.165) is 15.6 Å². The van der Waals surface area contributed by atoms with Gasteiger partial charge in [0.05, 0.1) is 12.5 Å². The van der Waals surface area contributed by atoms with E-state index in [9.17, 15) is 4.79 Å². The summed E-state index contributed by atoms with van der Waals surface area (Å²) < 4.78 is 1.02. The third-order valence-electron chi connectivity index (χ3n) is 2.96. The lowest BCUT2D eigenvalue weighted by atomic mass is 10.1. The Hall–Kier alpha value is -1.61. The van der Waals surface area contributed by atoms with E-state index in [4.69, 9.17) is 0 Å². The SMILES string of the molecule is CC(NC(=O)Cc1ccccc1)c1ccccc1Br. The average Bonchev–Trinajstić information content (AvgIpc) is 2.40. The Morgan fingerprint density at radius 2 is 1.74 bits per heavy atom. The molecule has 0 heterocycles. The number of benzene rings is 2. The van der Waals surface area contributed by atoms with E-state index in [2.05, 4.69) is 21.2 Å². The van der Waals surface area contributed by atoms with Crippen LogP contribution in [0.5, 0.6) is 0 Å². The normalized spacial score (nSPS) is 11.9. The van der Waals surface area contributed by atoms with Crippen molar-refractivity contribution in [2.24, 2.45) is 0 Å². The summed E-state index contributed by atoms with van der Waals surface area (Å²) in [4.78, 5) is 12.0. The van der Waals surface area contributed by atoms with Crippen molar-refractivity contribution in [3.63, 3.8) is 0 Å². The molecule has 2 aromatic rings. The third kappa shape index (κ3) is 3.93. The van der Waals surface area contributed by atoms with Gasteiger partial charge in [-0.15, -0.1) is 0 Å². The van der Waals surface area contributed by atoms with Crippen LogP contribution in [0.15, 0.2) is 59.1 Å². The fourth-order valence-electron chi connectivity index (χ4n) is 1.98. The van der Waals surface area contributed by atoms with E-state index in [1.165, 1.54) is 0 Å². The molecule has 2 nitrogen and oxygen atoms in total. The lowest BCUT2D eigenvalue weighted by Crippen LogP contribution is -2.28. The highest BCUT2D eigenvalue weighted by Crippen LogP contribution is 2.22. The monoisotopic (exact) mass is 317 g/mol. The number of nitrogens with one attached hydrogen (secondary N) is 1. The number of carbonyl (C=O) groups is 1. The van der Waals surface area contributed by atoms with Crippen LogP contribution in [0.4, 0.5) is 0 Å². The zero-order valence-corrected chi connectivity index (χ0v) is 12.4. The summed E-state index contributed by atoms with van der Waals surface area (Å²) in [5.41, 5.74) is 2.11. The van der Waals surface area contributed by atoms with Crippen molar-refractivity contribution < 1.29 is 4.79 Å². The number of hydrogen-bond acceptors (Lipinski definition) is 1. The van der Waals surface area contributed by atoms with Crippen LogP contribution >= 0.6 is 15.9 Å². The van der Waals surface area contributed by atoms with Crippen LogP contribution in [0.1, 0.15) is 24.1 Å². The standard InChI is InChI=1S/C16H16BrNO/c1-12(14-9-5-6-10-15(14)17)18-16(19)11-13-7-3-2-4-8-13/h2-10,12H,11H2,1H3,(H,18,19). The molecular formula is C16H16BrNO. The first-order chi connectivity index (χ1) is 9.16. The Labute approximate surface area is 122 Å². The molecule has 0 aliphatic heterocycles. The van der Waals surface area contributed by atoms with Crippen molar-refractivity contribution in [1.29, 1.82) is 0 Å². The zero-order chi connectivity index (χ0) is 13.7. The smallest absolute Gasteiger partial charge is 0.224 e. The topological polar surface area (TPSA) is 29.1 Å². The summed E-state index contributed by atoms with van der Waals surface area (Å²) in [5, 5.41) is 3.02. The number of rotatable bonds is 4. The van der Waals surface area contributed by atoms with Crippen LogP contribution in [0.3, 0.4) is 0 Å². The van der Waals surface area contributed by atoms with Crippen LogP contribution in [-0.4, -0.2) is 5.91 Å². The van der Waals surface area contributed by atoms with Crippen molar-refractivity contribution >= 4 is 21.8 Å². The largest absolute Gasteiger partial charge is 0.349 e. The molecule has 1 unspecified atom stereocenters. The van der Waals surface area contributed by atoms with Gasteiger partial charge in [0.25, 0.3) is 0 Å². The highest BCUT2D eigenvalue weighted by molar-refractivity contribution is 9.10. The van der Waals surface area contributed by atoms with Crippen molar-refractivity contribution in [1.82, 2.24) is 5.32 Å².